The standard InChI is InChI=1S/C27H26N4O4S/c1-34-21-14-20(15-22(16-21)35-2)29-9-11-30(12-10-29)27(33)25-17-24(23-8-13-36-26(23)18-32)28-31(25)19-6-4-3-5-7-19/h3-8,13-18H,9-12H2,1-2H3. The first-order valence-electron chi connectivity index (χ1n) is 11.6. The summed E-state index contributed by atoms with van der Waals surface area (Å²) in [5, 5.41) is 6.58. The van der Waals surface area contributed by atoms with Crippen molar-refractivity contribution in [3.63, 3.8) is 0 Å². The van der Waals surface area contributed by atoms with Gasteiger partial charge < -0.3 is 19.3 Å². The molecule has 0 spiro atoms. The highest BCUT2D eigenvalue weighted by molar-refractivity contribution is 7.12. The Kier molecular flexibility index (Phi) is 6.73. The zero-order valence-corrected chi connectivity index (χ0v) is 20.9. The predicted molar refractivity (Wildman–Crippen MR) is 140 cm³/mol. The Labute approximate surface area is 213 Å². The highest BCUT2D eigenvalue weighted by atomic mass is 32.1. The average Bonchev–Trinajstić information content (AvgIpc) is 3.60. The predicted octanol–water partition coefficient (Wildman–Crippen LogP) is 4.39. The van der Waals surface area contributed by atoms with Gasteiger partial charge in [-0.2, -0.15) is 5.10 Å². The number of para-hydroxylation sites is 1. The third-order valence-electron chi connectivity index (χ3n) is 6.28. The van der Waals surface area contributed by atoms with Gasteiger partial charge >= 0.3 is 0 Å². The minimum atomic E-state index is -0.0941. The van der Waals surface area contributed by atoms with E-state index in [0.29, 0.717) is 42.4 Å². The Morgan fingerprint density at radius 2 is 1.61 bits per heavy atom. The van der Waals surface area contributed by atoms with Crippen LogP contribution in [0, 0.1) is 0 Å². The van der Waals surface area contributed by atoms with Crippen LogP contribution in [-0.4, -0.2) is 67.3 Å². The van der Waals surface area contributed by atoms with Gasteiger partial charge in [0.2, 0.25) is 0 Å². The normalized spacial score (nSPS) is 13.5. The molecular weight excluding hydrogens is 476 g/mol. The van der Waals surface area contributed by atoms with Crippen LogP contribution < -0.4 is 14.4 Å². The smallest absolute Gasteiger partial charge is 0.272 e. The molecule has 1 aliphatic heterocycles. The third-order valence-corrected chi connectivity index (χ3v) is 7.12. The van der Waals surface area contributed by atoms with Crippen LogP contribution in [-0.2, 0) is 0 Å². The summed E-state index contributed by atoms with van der Waals surface area (Å²) in [5.74, 6) is 1.36. The molecule has 0 bridgehead atoms. The molecule has 0 aliphatic carbocycles. The molecule has 0 saturated carbocycles. The molecule has 36 heavy (non-hydrogen) atoms. The van der Waals surface area contributed by atoms with Crippen molar-refractivity contribution in [1.82, 2.24) is 14.7 Å². The number of anilines is 1. The van der Waals surface area contributed by atoms with E-state index in [1.165, 1.54) is 11.3 Å². The van der Waals surface area contributed by atoms with E-state index >= 15 is 0 Å². The van der Waals surface area contributed by atoms with E-state index in [4.69, 9.17) is 14.6 Å². The summed E-state index contributed by atoms with van der Waals surface area (Å²) in [4.78, 5) is 29.9. The van der Waals surface area contributed by atoms with E-state index in [1.54, 1.807) is 25.0 Å². The van der Waals surface area contributed by atoms with Crippen LogP contribution in [0.3, 0.4) is 0 Å². The van der Waals surface area contributed by atoms with Crippen LogP contribution in [0.5, 0.6) is 11.5 Å². The van der Waals surface area contributed by atoms with Gasteiger partial charge in [-0.1, -0.05) is 18.2 Å². The van der Waals surface area contributed by atoms with E-state index in [9.17, 15) is 9.59 Å². The number of rotatable bonds is 7. The van der Waals surface area contributed by atoms with Crippen LogP contribution in [0.4, 0.5) is 5.69 Å². The second-order valence-corrected chi connectivity index (χ2v) is 9.28. The summed E-state index contributed by atoms with van der Waals surface area (Å²) in [6.45, 7) is 2.47. The molecule has 2 aromatic carbocycles. The fourth-order valence-corrected chi connectivity index (χ4v) is 5.07. The Hall–Kier alpha value is -4.11. The van der Waals surface area contributed by atoms with Crippen molar-refractivity contribution >= 4 is 29.2 Å². The number of aldehydes is 1. The van der Waals surface area contributed by atoms with Gasteiger partial charge in [-0.15, -0.1) is 11.3 Å². The molecule has 8 nitrogen and oxygen atoms in total. The minimum Gasteiger partial charge on any atom is -0.497 e. The Morgan fingerprint density at radius 3 is 2.25 bits per heavy atom. The van der Waals surface area contributed by atoms with Gasteiger partial charge in [0.25, 0.3) is 5.91 Å². The van der Waals surface area contributed by atoms with Crippen LogP contribution in [0.25, 0.3) is 16.9 Å². The van der Waals surface area contributed by atoms with Crippen LogP contribution in [0.15, 0.2) is 66.0 Å². The van der Waals surface area contributed by atoms with Gasteiger partial charge in [0, 0.05) is 55.6 Å². The molecule has 2 aromatic heterocycles. The van der Waals surface area contributed by atoms with Crippen LogP contribution in [0.2, 0.25) is 0 Å². The lowest BCUT2D eigenvalue weighted by atomic mass is 10.1. The van der Waals surface area contributed by atoms with Crippen molar-refractivity contribution in [3.05, 3.63) is 76.6 Å². The number of carbonyl (C=O) groups is 2. The Balaban J connectivity index is 1.41. The van der Waals surface area contributed by atoms with Crippen LogP contribution >= 0.6 is 11.3 Å². The molecule has 9 heteroatoms. The molecule has 0 radical (unpaired) electrons. The molecule has 0 atom stereocenters. The van der Waals surface area contributed by atoms with Gasteiger partial charge in [-0.3, -0.25) is 9.59 Å². The Morgan fingerprint density at radius 1 is 0.917 bits per heavy atom. The van der Waals surface area contributed by atoms with E-state index < -0.39 is 0 Å². The van der Waals surface area contributed by atoms with Gasteiger partial charge in [-0.05, 0) is 29.6 Å². The van der Waals surface area contributed by atoms with Crippen LogP contribution in [0.1, 0.15) is 20.2 Å². The lowest BCUT2D eigenvalue weighted by Crippen LogP contribution is -2.49. The molecule has 1 aliphatic rings. The van der Waals surface area contributed by atoms with Crippen molar-refractivity contribution in [3.8, 4) is 28.4 Å². The first-order valence-corrected chi connectivity index (χ1v) is 12.4. The second-order valence-electron chi connectivity index (χ2n) is 8.33. The maximum absolute atomic E-state index is 13.7. The summed E-state index contributed by atoms with van der Waals surface area (Å²) in [5.41, 5.74) is 3.59. The van der Waals surface area contributed by atoms with Crippen molar-refractivity contribution in [2.75, 3.05) is 45.3 Å². The quantitative estimate of drug-likeness (QED) is 0.349. The van der Waals surface area contributed by atoms with Crippen molar-refractivity contribution in [2.24, 2.45) is 0 Å². The van der Waals surface area contributed by atoms with Gasteiger partial charge in [0.05, 0.1) is 30.5 Å². The van der Waals surface area contributed by atoms with E-state index in [-0.39, 0.29) is 5.91 Å². The molecule has 5 rings (SSSR count). The highest BCUT2D eigenvalue weighted by Crippen LogP contribution is 2.31. The van der Waals surface area contributed by atoms with Gasteiger partial charge in [-0.25, -0.2) is 4.68 Å². The second kappa shape index (κ2) is 10.2. The monoisotopic (exact) mass is 502 g/mol. The third kappa shape index (κ3) is 4.57. The van der Waals surface area contributed by atoms with E-state index in [0.717, 1.165) is 34.7 Å². The zero-order chi connectivity index (χ0) is 25.1. The molecule has 1 amide bonds. The number of thiophene rings is 1. The summed E-state index contributed by atoms with van der Waals surface area (Å²) < 4.78 is 12.5. The SMILES string of the molecule is COc1cc(OC)cc(N2CCN(C(=O)c3cc(-c4ccsc4C=O)nn3-c3ccccc3)CC2)c1. The fraction of sp³-hybridized carbons (Fsp3) is 0.222. The number of ether oxygens (including phenoxy) is 2. The Bertz CT molecular complexity index is 1350. The molecule has 0 unspecified atom stereocenters. The summed E-state index contributed by atoms with van der Waals surface area (Å²) >= 11 is 1.36. The summed E-state index contributed by atoms with van der Waals surface area (Å²) in [7, 11) is 3.26. The number of hydrogen-bond acceptors (Lipinski definition) is 7. The number of piperazine rings is 1. The number of methoxy groups -OCH3 is 2. The molecule has 1 saturated heterocycles. The maximum Gasteiger partial charge on any atom is 0.272 e. The number of carbonyl (C=O) groups excluding carboxylic acids is 2. The number of aromatic nitrogens is 2. The molecule has 1 fully saturated rings. The number of nitrogens with zero attached hydrogens (tertiary/aromatic N) is 4. The van der Waals surface area contributed by atoms with Crippen molar-refractivity contribution in [1.29, 1.82) is 0 Å². The lowest BCUT2D eigenvalue weighted by molar-refractivity contribution is 0.0737. The van der Waals surface area contributed by atoms with Gasteiger partial charge in [0.15, 0.2) is 6.29 Å². The van der Waals surface area contributed by atoms with E-state index in [2.05, 4.69) is 4.90 Å². The highest BCUT2D eigenvalue weighted by Gasteiger charge is 2.27. The van der Waals surface area contributed by atoms with Gasteiger partial charge in [0.1, 0.15) is 17.2 Å². The molecule has 4 aromatic rings. The molecular formula is C27H26N4O4S. The molecule has 184 valence electrons. The van der Waals surface area contributed by atoms with Crippen molar-refractivity contribution in [2.45, 2.75) is 0 Å². The average molecular weight is 503 g/mol. The summed E-state index contributed by atoms with van der Waals surface area (Å²) in [6, 6.07) is 19.0. The first kappa shape index (κ1) is 23.6. The summed E-state index contributed by atoms with van der Waals surface area (Å²) in [6.07, 6.45) is 0.829. The fourth-order valence-electron chi connectivity index (χ4n) is 4.36. The van der Waals surface area contributed by atoms with E-state index in [1.807, 2.05) is 64.9 Å². The maximum atomic E-state index is 13.7. The minimum absolute atomic E-state index is 0.0941. The largest absolute Gasteiger partial charge is 0.497 e. The number of hydrogen-bond donors (Lipinski definition) is 0. The zero-order valence-electron chi connectivity index (χ0n) is 20.1. The number of benzene rings is 2. The lowest BCUT2D eigenvalue weighted by Gasteiger charge is -2.36. The topological polar surface area (TPSA) is 76.9 Å². The molecule has 3 heterocycles. The molecule has 0 N–H and O–H groups in total. The number of amides is 1. The first-order chi connectivity index (χ1) is 17.6. The van der Waals surface area contributed by atoms with Crippen molar-refractivity contribution < 1.29 is 19.1 Å².